The Morgan fingerprint density at radius 1 is 1.47 bits per heavy atom. The third-order valence-electron chi connectivity index (χ3n) is 3.34. The van der Waals surface area contributed by atoms with E-state index in [0.29, 0.717) is 0 Å². The van der Waals surface area contributed by atoms with Gasteiger partial charge < -0.3 is 10.1 Å². The van der Waals surface area contributed by atoms with Gasteiger partial charge in [-0.2, -0.15) is 0 Å². The van der Waals surface area contributed by atoms with E-state index in [9.17, 15) is 0 Å². The van der Waals surface area contributed by atoms with Gasteiger partial charge in [0.1, 0.15) is 11.9 Å². The third kappa shape index (κ3) is 1.76. The minimum Gasteiger partial charge on any atom is -0.369 e. The van der Waals surface area contributed by atoms with Crippen molar-refractivity contribution in [2.24, 2.45) is 4.99 Å². The topological polar surface area (TPSA) is 33.6 Å². The Kier molecular flexibility index (Phi) is 2.69. The summed E-state index contributed by atoms with van der Waals surface area (Å²) in [5.41, 5.74) is 3.81. The van der Waals surface area contributed by atoms with E-state index in [1.54, 1.807) is 0 Å². The second-order valence-corrected chi connectivity index (χ2v) is 4.31. The van der Waals surface area contributed by atoms with Crippen LogP contribution in [-0.4, -0.2) is 25.5 Å². The van der Waals surface area contributed by atoms with E-state index in [2.05, 4.69) is 35.1 Å². The lowest BCUT2D eigenvalue weighted by Gasteiger charge is -2.27. The first-order chi connectivity index (χ1) is 8.40. The zero-order valence-corrected chi connectivity index (χ0v) is 9.78. The molecule has 2 aliphatic rings. The van der Waals surface area contributed by atoms with Gasteiger partial charge in [0.15, 0.2) is 0 Å². The highest BCUT2D eigenvalue weighted by Crippen LogP contribution is 2.31. The first-order valence-corrected chi connectivity index (χ1v) is 6.04. The van der Waals surface area contributed by atoms with Crippen molar-refractivity contribution >= 4 is 11.9 Å². The van der Waals surface area contributed by atoms with E-state index in [-0.39, 0.29) is 6.10 Å². The third-order valence-corrected chi connectivity index (χ3v) is 3.34. The van der Waals surface area contributed by atoms with Crippen molar-refractivity contribution in [3.63, 3.8) is 0 Å². The van der Waals surface area contributed by atoms with Gasteiger partial charge in [-0.3, -0.25) is 4.99 Å². The summed E-state index contributed by atoms with van der Waals surface area (Å²) in [7, 11) is 0. The van der Waals surface area contributed by atoms with Crippen molar-refractivity contribution in [2.45, 2.75) is 12.5 Å². The maximum absolute atomic E-state index is 5.86. The highest BCUT2D eigenvalue weighted by Gasteiger charge is 2.27. The van der Waals surface area contributed by atoms with Gasteiger partial charge >= 0.3 is 0 Å². The minimum absolute atomic E-state index is 0.0128. The summed E-state index contributed by atoms with van der Waals surface area (Å²) < 4.78 is 5.86. The van der Waals surface area contributed by atoms with Crippen LogP contribution in [0.2, 0.25) is 0 Å². The molecule has 0 aliphatic carbocycles. The molecule has 3 nitrogen and oxygen atoms in total. The number of nitrogens with one attached hydrogen (secondary N) is 1. The Hall–Kier alpha value is -1.61. The van der Waals surface area contributed by atoms with Gasteiger partial charge in [-0.15, -0.1) is 0 Å². The van der Waals surface area contributed by atoms with Crippen molar-refractivity contribution < 1.29 is 4.74 Å². The molecule has 0 amide bonds. The van der Waals surface area contributed by atoms with Crippen molar-refractivity contribution in [3.8, 4) is 0 Å². The summed E-state index contributed by atoms with van der Waals surface area (Å²) >= 11 is 0. The molecule has 1 aromatic carbocycles. The van der Waals surface area contributed by atoms with E-state index >= 15 is 0 Å². The van der Waals surface area contributed by atoms with Gasteiger partial charge in [-0.1, -0.05) is 30.9 Å². The molecule has 3 heteroatoms. The van der Waals surface area contributed by atoms with Crippen molar-refractivity contribution in [1.82, 2.24) is 5.32 Å². The summed E-state index contributed by atoms with van der Waals surface area (Å²) in [5, 5.41) is 3.30. The van der Waals surface area contributed by atoms with Crippen LogP contribution >= 0.6 is 0 Å². The van der Waals surface area contributed by atoms with Crippen LogP contribution in [-0.2, 0) is 11.2 Å². The summed E-state index contributed by atoms with van der Waals surface area (Å²) in [6, 6.07) is 6.31. The molecule has 17 heavy (non-hydrogen) atoms. The quantitative estimate of drug-likeness (QED) is 0.839. The van der Waals surface area contributed by atoms with Gasteiger partial charge in [-0.05, 0) is 23.1 Å². The van der Waals surface area contributed by atoms with E-state index in [0.717, 1.165) is 32.0 Å². The average Bonchev–Trinajstić information content (AvgIpc) is 2.91. The van der Waals surface area contributed by atoms with Crippen LogP contribution in [0.4, 0.5) is 0 Å². The predicted molar refractivity (Wildman–Crippen MR) is 69.2 cm³/mol. The molecule has 0 saturated carbocycles. The maximum Gasteiger partial charge on any atom is 0.140 e. The Morgan fingerprint density at radius 2 is 2.41 bits per heavy atom. The lowest BCUT2D eigenvalue weighted by atomic mass is 9.92. The molecular weight excluding hydrogens is 212 g/mol. The van der Waals surface area contributed by atoms with Gasteiger partial charge in [-0.25, -0.2) is 0 Å². The van der Waals surface area contributed by atoms with Gasteiger partial charge in [0.2, 0.25) is 0 Å². The van der Waals surface area contributed by atoms with Crippen LogP contribution in [0.25, 0.3) is 6.08 Å². The fourth-order valence-electron chi connectivity index (χ4n) is 2.54. The highest BCUT2D eigenvalue weighted by molar-refractivity contribution is 5.89. The molecule has 0 radical (unpaired) electrons. The van der Waals surface area contributed by atoms with Crippen molar-refractivity contribution in [3.05, 3.63) is 41.5 Å². The van der Waals surface area contributed by atoms with Crippen LogP contribution in [0.3, 0.4) is 0 Å². The second-order valence-electron chi connectivity index (χ2n) is 4.31. The molecule has 88 valence electrons. The van der Waals surface area contributed by atoms with E-state index in [4.69, 9.17) is 4.74 Å². The Balaban J connectivity index is 2.04. The molecule has 0 spiro atoms. The normalized spacial score (nSPS) is 22.6. The molecule has 1 unspecified atom stereocenters. The first-order valence-electron chi connectivity index (χ1n) is 6.04. The minimum atomic E-state index is -0.0128. The number of nitrogens with zero attached hydrogens (tertiary/aromatic N) is 1. The number of benzene rings is 1. The van der Waals surface area contributed by atoms with Crippen LogP contribution in [0.15, 0.2) is 29.8 Å². The zero-order valence-electron chi connectivity index (χ0n) is 9.78. The lowest BCUT2D eigenvalue weighted by molar-refractivity contribution is 0.0860. The Morgan fingerprint density at radius 3 is 3.18 bits per heavy atom. The highest BCUT2D eigenvalue weighted by atomic mass is 16.5. The number of amidine groups is 1. The molecule has 0 aromatic heterocycles. The molecule has 3 rings (SSSR count). The van der Waals surface area contributed by atoms with E-state index in [1.165, 1.54) is 16.7 Å². The molecule has 1 N–H and O–H groups in total. The van der Waals surface area contributed by atoms with Gasteiger partial charge in [0, 0.05) is 6.54 Å². The van der Waals surface area contributed by atoms with Crippen molar-refractivity contribution in [2.75, 3.05) is 19.7 Å². The second kappa shape index (κ2) is 4.34. The smallest absolute Gasteiger partial charge is 0.140 e. The summed E-state index contributed by atoms with van der Waals surface area (Å²) in [6.07, 6.45) is 2.87. The van der Waals surface area contributed by atoms with E-state index < -0.39 is 0 Å². The number of ether oxygens (including phenoxy) is 1. The molecule has 1 aromatic rings. The maximum atomic E-state index is 5.86. The van der Waals surface area contributed by atoms with Gasteiger partial charge in [0.05, 0.1) is 13.2 Å². The Bertz CT molecular complexity index is 479. The van der Waals surface area contributed by atoms with Crippen LogP contribution in [0.1, 0.15) is 22.8 Å². The van der Waals surface area contributed by atoms with Crippen LogP contribution in [0, 0.1) is 0 Å². The monoisotopic (exact) mass is 228 g/mol. The molecule has 2 heterocycles. The molecule has 2 aliphatic heterocycles. The molecule has 1 atom stereocenters. The number of hydrogen-bond donors (Lipinski definition) is 1. The zero-order chi connectivity index (χ0) is 11.7. The number of aliphatic imine (C=N–C) groups is 1. The predicted octanol–water partition coefficient (Wildman–Crippen LogP) is 1.95. The fraction of sp³-hybridized carbons (Fsp3) is 0.357. The SMILES string of the molecule is C=Cc1cccc2c1CCOC2C1=NCCN1. The largest absolute Gasteiger partial charge is 0.369 e. The summed E-state index contributed by atoms with van der Waals surface area (Å²) in [4.78, 5) is 4.47. The van der Waals surface area contributed by atoms with Crippen molar-refractivity contribution in [1.29, 1.82) is 0 Å². The van der Waals surface area contributed by atoms with Crippen LogP contribution < -0.4 is 5.32 Å². The summed E-state index contributed by atoms with van der Waals surface area (Å²) in [5.74, 6) is 0.979. The average molecular weight is 228 g/mol. The Labute approximate surface area is 101 Å². The number of fused-ring (bicyclic) bond motifs is 1. The summed E-state index contributed by atoms with van der Waals surface area (Å²) in [6.45, 7) is 6.40. The lowest BCUT2D eigenvalue weighted by Crippen LogP contribution is -2.31. The number of rotatable bonds is 2. The molecule has 0 fully saturated rings. The first kappa shape index (κ1) is 10.5. The molecule has 0 saturated heterocycles. The van der Waals surface area contributed by atoms with Gasteiger partial charge in [0.25, 0.3) is 0 Å². The molecule has 0 bridgehead atoms. The van der Waals surface area contributed by atoms with Crippen LogP contribution in [0.5, 0.6) is 0 Å². The molecular formula is C14H16N2O. The number of hydrogen-bond acceptors (Lipinski definition) is 3. The standard InChI is InChI=1S/C14H16N2O/c1-2-10-4-3-5-12-11(10)6-9-17-13(12)14-15-7-8-16-14/h2-5,13H,1,6-9H2,(H,15,16). The fourth-order valence-corrected chi connectivity index (χ4v) is 2.54. The van der Waals surface area contributed by atoms with E-state index in [1.807, 2.05) is 6.08 Å².